The summed E-state index contributed by atoms with van der Waals surface area (Å²) < 4.78 is 28.5. The highest BCUT2D eigenvalue weighted by atomic mass is 32.2. The Bertz CT molecular complexity index is 1050. The van der Waals surface area contributed by atoms with Crippen LogP contribution in [-0.4, -0.2) is 25.4 Å². The first-order valence-electron chi connectivity index (χ1n) is 9.66. The minimum Gasteiger partial charge on any atom is -0.349 e. The molecule has 1 aromatic heterocycles. The van der Waals surface area contributed by atoms with Crippen LogP contribution in [0, 0.1) is 0 Å². The number of hydrogen-bond donors (Lipinski definition) is 2. The van der Waals surface area contributed by atoms with Gasteiger partial charge in [-0.1, -0.05) is 56.3 Å². The first-order valence-corrected chi connectivity index (χ1v) is 12.1. The number of rotatable bonds is 9. The van der Waals surface area contributed by atoms with E-state index in [0.717, 1.165) is 16.8 Å². The molecule has 0 saturated carbocycles. The molecule has 0 spiro atoms. The van der Waals surface area contributed by atoms with Crippen LogP contribution in [0.1, 0.15) is 36.6 Å². The van der Waals surface area contributed by atoms with Crippen LogP contribution < -0.4 is 10.0 Å². The molecular formula is C22H25N3O3S2. The topological polar surface area (TPSA) is 88.2 Å². The third-order valence-electron chi connectivity index (χ3n) is 4.68. The number of nitrogens with one attached hydrogen (secondary N) is 2. The van der Waals surface area contributed by atoms with Crippen LogP contribution in [0.3, 0.4) is 0 Å². The van der Waals surface area contributed by atoms with Gasteiger partial charge in [0.15, 0.2) is 0 Å². The molecule has 0 unspecified atom stereocenters. The van der Waals surface area contributed by atoms with Gasteiger partial charge in [-0.15, -0.1) is 11.3 Å². The monoisotopic (exact) mass is 443 g/mol. The van der Waals surface area contributed by atoms with Crippen molar-refractivity contribution in [3.05, 3.63) is 82.3 Å². The second kappa shape index (κ2) is 9.97. The van der Waals surface area contributed by atoms with Crippen LogP contribution in [0.4, 0.5) is 0 Å². The lowest BCUT2D eigenvalue weighted by Gasteiger charge is -2.19. The molecule has 0 radical (unpaired) electrons. The van der Waals surface area contributed by atoms with Gasteiger partial charge in [0.05, 0.1) is 22.6 Å². The fourth-order valence-electron chi connectivity index (χ4n) is 2.95. The molecule has 8 heteroatoms. The van der Waals surface area contributed by atoms with Gasteiger partial charge in [-0.05, 0) is 35.6 Å². The van der Waals surface area contributed by atoms with Gasteiger partial charge in [-0.2, -0.15) is 4.72 Å². The Hall–Kier alpha value is -2.55. The van der Waals surface area contributed by atoms with Gasteiger partial charge in [-0.3, -0.25) is 4.79 Å². The molecule has 0 aliphatic carbocycles. The van der Waals surface area contributed by atoms with Gasteiger partial charge in [0.2, 0.25) is 15.9 Å². The highest BCUT2D eigenvalue weighted by Gasteiger charge is 2.26. The van der Waals surface area contributed by atoms with Crippen LogP contribution in [0.2, 0.25) is 0 Å². The van der Waals surface area contributed by atoms with E-state index in [9.17, 15) is 13.2 Å². The second-order valence-corrected chi connectivity index (χ2v) is 9.72. The molecule has 1 amide bonds. The van der Waals surface area contributed by atoms with E-state index < -0.39 is 22.0 Å². The number of carbonyl (C=O) groups excluding carboxylic acids is 1. The number of benzene rings is 2. The van der Waals surface area contributed by atoms with Crippen LogP contribution in [0.5, 0.6) is 0 Å². The Kier molecular flexibility index (Phi) is 7.36. The lowest BCUT2D eigenvalue weighted by Crippen LogP contribution is -2.47. The SMILES string of the molecule is CC(C)c1ccc(S(=O)(=O)N[C@@H](Cc2ccccc2)C(=O)NCc2cscn2)cc1. The normalized spacial score (nSPS) is 12.6. The van der Waals surface area contributed by atoms with E-state index in [4.69, 9.17) is 0 Å². The molecule has 2 aromatic carbocycles. The molecule has 2 N–H and O–H groups in total. The molecule has 0 bridgehead atoms. The van der Waals surface area contributed by atoms with E-state index in [1.165, 1.54) is 11.3 Å². The molecule has 1 atom stereocenters. The molecule has 1 heterocycles. The Morgan fingerprint density at radius 3 is 2.37 bits per heavy atom. The lowest BCUT2D eigenvalue weighted by atomic mass is 10.0. The van der Waals surface area contributed by atoms with E-state index in [-0.39, 0.29) is 17.9 Å². The van der Waals surface area contributed by atoms with Crippen molar-refractivity contribution in [3.8, 4) is 0 Å². The van der Waals surface area contributed by atoms with E-state index in [1.54, 1.807) is 29.8 Å². The zero-order valence-electron chi connectivity index (χ0n) is 16.9. The fourth-order valence-corrected chi connectivity index (χ4v) is 4.70. The average Bonchev–Trinajstić information content (AvgIpc) is 3.26. The van der Waals surface area contributed by atoms with Gasteiger partial charge >= 0.3 is 0 Å². The number of hydrogen-bond acceptors (Lipinski definition) is 5. The van der Waals surface area contributed by atoms with Crippen molar-refractivity contribution in [2.75, 3.05) is 0 Å². The Morgan fingerprint density at radius 2 is 1.77 bits per heavy atom. The highest BCUT2D eigenvalue weighted by molar-refractivity contribution is 7.89. The predicted octanol–water partition coefficient (Wildman–Crippen LogP) is 3.47. The van der Waals surface area contributed by atoms with Gasteiger partial charge in [0.25, 0.3) is 0 Å². The molecule has 30 heavy (non-hydrogen) atoms. The molecule has 0 saturated heterocycles. The van der Waals surface area contributed by atoms with Crippen LogP contribution >= 0.6 is 11.3 Å². The summed E-state index contributed by atoms with van der Waals surface area (Å²) in [6.45, 7) is 4.34. The van der Waals surface area contributed by atoms with E-state index >= 15 is 0 Å². The predicted molar refractivity (Wildman–Crippen MR) is 119 cm³/mol. The molecule has 3 aromatic rings. The summed E-state index contributed by atoms with van der Waals surface area (Å²) in [4.78, 5) is 17.1. The average molecular weight is 444 g/mol. The van der Waals surface area contributed by atoms with Crippen molar-refractivity contribution in [1.29, 1.82) is 0 Å². The quantitative estimate of drug-likeness (QED) is 0.530. The standard InChI is InChI=1S/C22H25N3O3S2/c1-16(2)18-8-10-20(11-9-18)30(27,28)25-21(12-17-6-4-3-5-7-17)22(26)23-13-19-14-29-15-24-19/h3-11,14-16,21,25H,12-13H2,1-2H3,(H,23,26)/t21-/m0/s1. The summed E-state index contributed by atoms with van der Waals surface area (Å²) in [5.74, 6) is -0.0914. The zero-order chi connectivity index (χ0) is 21.6. The lowest BCUT2D eigenvalue weighted by molar-refractivity contribution is -0.122. The van der Waals surface area contributed by atoms with Crippen molar-refractivity contribution in [1.82, 2.24) is 15.0 Å². The summed E-state index contributed by atoms with van der Waals surface area (Å²) in [6.07, 6.45) is 0.243. The molecule has 0 fully saturated rings. The summed E-state index contributed by atoms with van der Waals surface area (Å²) >= 11 is 1.44. The van der Waals surface area contributed by atoms with E-state index in [2.05, 4.69) is 15.0 Å². The molecule has 158 valence electrons. The first kappa shape index (κ1) is 22.1. The van der Waals surface area contributed by atoms with Crippen LogP contribution in [0.25, 0.3) is 0 Å². The highest BCUT2D eigenvalue weighted by Crippen LogP contribution is 2.18. The largest absolute Gasteiger partial charge is 0.349 e. The third kappa shape index (κ3) is 5.98. The van der Waals surface area contributed by atoms with Crippen molar-refractivity contribution in [3.63, 3.8) is 0 Å². The number of thiazole rings is 1. The zero-order valence-corrected chi connectivity index (χ0v) is 18.5. The minimum absolute atomic E-state index is 0.136. The van der Waals surface area contributed by atoms with Gasteiger partial charge < -0.3 is 5.32 Å². The van der Waals surface area contributed by atoms with Gasteiger partial charge in [0, 0.05) is 5.38 Å². The number of amides is 1. The van der Waals surface area contributed by atoms with Crippen molar-refractivity contribution >= 4 is 27.3 Å². The molecular weight excluding hydrogens is 418 g/mol. The molecule has 3 rings (SSSR count). The number of nitrogens with zero attached hydrogens (tertiary/aromatic N) is 1. The second-order valence-electron chi connectivity index (χ2n) is 7.28. The van der Waals surface area contributed by atoms with E-state index in [0.29, 0.717) is 5.92 Å². The first-order chi connectivity index (χ1) is 14.3. The molecule has 0 aliphatic rings. The summed E-state index contributed by atoms with van der Waals surface area (Å²) in [6, 6.07) is 15.1. The van der Waals surface area contributed by atoms with Crippen molar-refractivity contribution < 1.29 is 13.2 Å². The third-order valence-corrected chi connectivity index (χ3v) is 6.80. The molecule has 6 nitrogen and oxygen atoms in total. The van der Waals surface area contributed by atoms with Crippen LogP contribution in [-0.2, 0) is 27.8 Å². The minimum atomic E-state index is -3.86. The number of aromatic nitrogens is 1. The summed E-state index contributed by atoms with van der Waals surface area (Å²) in [5.41, 5.74) is 4.34. The van der Waals surface area contributed by atoms with Gasteiger partial charge in [0.1, 0.15) is 6.04 Å². The summed E-state index contributed by atoms with van der Waals surface area (Å²) in [7, 11) is -3.86. The maximum Gasteiger partial charge on any atom is 0.241 e. The van der Waals surface area contributed by atoms with E-state index in [1.807, 2.05) is 49.6 Å². The van der Waals surface area contributed by atoms with Crippen molar-refractivity contribution in [2.24, 2.45) is 0 Å². The fraction of sp³-hybridized carbons (Fsp3) is 0.273. The maximum absolute atomic E-state index is 12.9. The number of carbonyl (C=O) groups is 1. The van der Waals surface area contributed by atoms with Crippen molar-refractivity contribution in [2.45, 2.75) is 43.7 Å². The Morgan fingerprint density at radius 1 is 1.07 bits per heavy atom. The summed E-state index contributed by atoms with van der Waals surface area (Å²) in [5, 5.41) is 4.62. The Labute approximate surface area is 181 Å². The smallest absolute Gasteiger partial charge is 0.241 e. The maximum atomic E-state index is 12.9. The Balaban J connectivity index is 1.78. The van der Waals surface area contributed by atoms with Crippen LogP contribution in [0.15, 0.2) is 70.4 Å². The number of sulfonamides is 1. The molecule has 0 aliphatic heterocycles. The van der Waals surface area contributed by atoms with Gasteiger partial charge in [-0.25, -0.2) is 13.4 Å².